The molecule has 1 aliphatic heterocycles. The van der Waals surface area contributed by atoms with Crippen molar-refractivity contribution < 1.29 is 0 Å². The van der Waals surface area contributed by atoms with Gasteiger partial charge in [-0.05, 0) is 30.7 Å². The van der Waals surface area contributed by atoms with Crippen LogP contribution in [0.15, 0.2) is 48.5 Å². The average Bonchev–Trinajstić information content (AvgIpc) is 2.72. The number of halogens is 1. The van der Waals surface area contributed by atoms with E-state index in [0.717, 1.165) is 72.5 Å². The Morgan fingerprint density at radius 3 is 2.41 bits per heavy atom. The first-order valence-electron chi connectivity index (χ1n) is 9.51. The number of nitrogens with zero attached hydrogens (tertiary/aromatic N) is 4. The highest BCUT2D eigenvalue weighted by Gasteiger charge is 2.21. The molecule has 1 saturated heterocycles. The molecule has 3 aromatic rings. The Balaban J connectivity index is 1.56. The van der Waals surface area contributed by atoms with Crippen LogP contribution in [0.5, 0.6) is 0 Å². The molecule has 6 heteroatoms. The van der Waals surface area contributed by atoms with E-state index in [-0.39, 0.29) is 0 Å². The van der Waals surface area contributed by atoms with Crippen molar-refractivity contribution in [1.29, 1.82) is 0 Å². The molecule has 1 fully saturated rings. The van der Waals surface area contributed by atoms with E-state index in [4.69, 9.17) is 21.6 Å². The van der Waals surface area contributed by atoms with Crippen LogP contribution in [0, 0.1) is 0 Å². The fourth-order valence-electron chi connectivity index (χ4n) is 3.44. The third-order valence-electron chi connectivity index (χ3n) is 4.89. The second-order valence-electron chi connectivity index (χ2n) is 6.74. The van der Waals surface area contributed by atoms with Gasteiger partial charge in [0.2, 0.25) is 5.95 Å². The van der Waals surface area contributed by atoms with Crippen LogP contribution in [0.1, 0.15) is 13.3 Å². The Bertz CT molecular complexity index is 921. The number of anilines is 3. The third kappa shape index (κ3) is 3.78. The Morgan fingerprint density at radius 2 is 1.63 bits per heavy atom. The molecule has 5 nitrogen and oxygen atoms in total. The van der Waals surface area contributed by atoms with Gasteiger partial charge in [-0.3, -0.25) is 0 Å². The molecule has 0 atom stereocenters. The molecule has 0 radical (unpaired) electrons. The molecule has 1 aliphatic rings. The minimum atomic E-state index is 0.797. The van der Waals surface area contributed by atoms with Crippen molar-refractivity contribution in [2.45, 2.75) is 13.3 Å². The maximum Gasteiger partial charge on any atom is 0.228 e. The fraction of sp³-hybridized carbons (Fsp3) is 0.333. The summed E-state index contributed by atoms with van der Waals surface area (Å²) in [5.41, 5.74) is 2.08. The summed E-state index contributed by atoms with van der Waals surface area (Å²) in [5, 5.41) is 5.33. The summed E-state index contributed by atoms with van der Waals surface area (Å²) < 4.78 is 0. The van der Waals surface area contributed by atoms with Crippen molar-refractivity contribution in [2.75, 3.05) is 47.8 Å². The largest absolute Gasteiger partial charge is 0.369 e. The molecule has 1 N–H and O–H groups in total. The van der Waals surface area contributed by atoms with E-state index in [0.29, 0.717) is 0 Å². The van der Waals surface area contributed by atoms with Gasteiger partial charge in [-0.15, -0.1) is 0 Å². The van der Waals surface area contributed by atoms with Gasteiger partial charge in [0, 0.05) is 38.1 Å². The standard InChI is InChI=1S/C21H24ClN5/c1-2-11-23-20-16-7-3-5-9-18(16)24-21(25-20)27-14-12-26(13-15-27)19-10-6-4-8-17(19)22/h3-10H,2,11-15H2,1H3,(H,23,24,25). The number of nitrogens with one attached hydrogen (secondary N) is 1. The zero-order valence-corrected chi connectivity index (χ0v) is 16.3. The lowest BCUT2D eigenvalue weighted by molar-refractivity contribution is 0.641. The molecule has 0 amide bonds. The maximum absolute atomic E-state index is 6.36. The van der Waals surface area contributed by atoms with E-state index in [1.165, 1.54) is 0 Å². The van der Waals surface area contributed by atoms with Gasteiger partial charge in [-0.1, -0.05) is 42.8 Å². The van der Waals surface area contributed by atoms with Gasteiger partial charge in [0.15, 0.2) is 0 Å². The van der Waals surface area contributed by atoms with Gasteiger partial charge < -0.3 is 15.1 Å². The summed E-state index contributed by atoms with van der Waals surface area (Å²) in [4.78, 5) is 14.2. The average molecular weight is 382 g/mol. The Kier molecular flexibility index (Phi) is 5.30. The summed E-state index contributed by atoms with van der Waals surface area (Å²) in [6.07, 6.45) is 1.06. The number of benzene rings is 2. The van der Waals surface area contributed by atoms with Crippen LogP contribution in [0.25, 0.3) is 10.9 Å². The Hall–Kier alpha value is -2.53. The van der Waals surface area contributed by atoms with Gasteiger partial charge in [0.1, 0.15) is 5.82 Å². The lowest BCUT2D eigenvalue weighted by Crippen LogP contribution is -2.47. The molecule has 2 aromatic carbocycles. The highest BCUT2D eigenvalue weighted by atomic mass is 35.5. The summed E-state index contributed by atoms with van der Waals surface area (Å²) >= 11 is 6.36. The predicted molar refractivity (Wildman–Crippen MR) is 114 cm³/mol. The minimum Gasteiger partial charge on any atom is -0.369 e. The number of fused-ring (bicyclic) bond motifs is 1. The number of hydrogen-bond acceptors (Lipinski definition) is 5. The lowest BCUT2D eigenvalue weighted by atomic mass is 10.2. The number of hydrogen-bond donors (Lipinski definition) is 1. The predicted octanol–water partition coefficient (Wildman–Crippen LogP) is 4.43. The lowest BCUT2D eigenvalue weighted by Gasteiger charge is -2.36. The van der Waals surface area contributed by atoms with Crippen molar-refractivity contribution in [1.82, 2.24) is 9.97 Å². The van der Waals surface area contributed by atoms with E-state index < -0.39 is 0 Å². The molecule has 27 heavy (non-hydrogen) atoms. The molecule has 0 unspecified atom stereocenters. The molecular formula is C21H24ClN5. The highest BCUT2D eigenvalue weighted by molar-refractivity contribution is 6.33. The van der Waals surface area contributed by atoms with Gasteiger partial charge in [-0.2, -0.15) is 4.98 Å². The second-order valence-corrected chi connectivity index (χ2v) is 7.15. The molecule has 1 aromatic heterocycles. The fourth-order valence-corrected chi connectivity index (χ4v) is 3.69. The van der Waals surface area contributed by atoms with Crippen LogP contribution >= 0.6 is 11.6 Å². The highest BCUT2D eigenvalue weighted by Crippen LogP contribution is 2.28. The summed E-state index contributed by atoms with van der Waals surface area (Å²) in [6.45, 7) is 6.61. The Labute approximate surface area is 165 Å². The summed E-state index contributed by atoms with van der Waals surface area (Å²) in [6, 6.07) is 16.2. The summed E-state index contributed by atoms with van der Waals surface area (Å²) in [7, 11) is 0. The van der Waals surface area contributed by atoms with E-state index in [1.807, 2.05) is 30.3 Å². The number of piperazine rings is 1. The van der Waals surface area contributed by atoms with Crippen molar-refractivity contribution in [2.24, 2.45) is 0 Å². The molecule has 0 bridgehead atoms. The molecular weight excluding hydrogens is 358 g/mol. The van der Waals surface area contributed by atoms with Crippen LogP contribution in [0.3, 0.4) is 0 Å². The molecule has 0 spiro atoms. The zero-order valence-electron chi connectivity index (χ0n) is 15.5. The van der Waals surface area contributed by atoms with E-state index in [9.17, 15) is 0 Å². The number of rotatable bonds is 5. The van der Waals surface area contributed by atoms with Gasteiger partial charge in [0.25, 0.3) is 0 Å². The normalized spacial score (nSPS) is 14.6. The third-order valence-corrected chi connectivity index (χ3v) is 5.21. The van der Waals surface area contributed by atoms with E-state index in [2.05, 4.69) is 40.2 Å². The first-order chi connectivity index (χ1) is 13.3. The minimum absolute atomic E-state index is 0.797. The molecule has 4 rings (SSSR count). The molecule has 0 saturated carbocycles. The van der Waals surface area contributed by atoms with E-state index >= 15 is 0 Å². The van der Waals surface area contributed by atoms with Crippen molar-refractivity contribution in [3.63, 3.8) is 0 Å². The van der Waals surface area contributed by atoms with Gasteiger partial charge >= 0.3 is 0 Å². The van der Waals surface area contributed by atoms with E-state index in [1.54, 1.807) is 0 Å². The van der Waals surface area contributed by atoms with Crippen LogP contribution in [-0.4, -0.2) is 42.7 Å². The first-order valence-corrected chi connectivity index (χ1v) is 9.89. The quantitative estimate of drug-likeness (QED) is 0.708. The molecule has 2 heterocycles. The van der Waals surface area contributed by atoms with Gasteiger partial charge in [0.05, 0.1) is 16.2 Å². The van der Waals surface area contributed by atoms with Crippen molar-refractivity contribution in [3.8, 4) is 0 Å². The first kappa shape index (κ1) is 17.9. The zero-order chi connectivity index (χ0) is 18.6. The Morgan fingerprint density at radius 1 is 0.926 bits per heavy atom. The topological polar surface area (TPSA) is 44.3 Å². The van der Waals surface area contributed by atoms with Crippen molar-refractivity contribution in [3.05, 3.63) is 53.6 Å². The van der Waals surface area contributed by atoms with Crippen LogP contribution in [0.4, 0.5) is 17.5 Å². The number of aromatic nitrogens is 2. The van der Waals surface area contributed by atoms with Crippen LogP contribution in [-0.2, 0) is 0 Å². The van der Waals surface area contributed by atoms with Gasteiger partial charge in [-0.25, -0.2) is 4.98 Å². The smallest absolute Gasteiger partial charge is 0.228 e. The number of para-hydroxylation sites is 2. The van der Waals surface area contributed by atoms with Crippen LogP contribution in [0.2, 0.25) is 5.02 Å². The van der Waals surface area contributed by atoms with Crippen molar-refractivity contribution >= 4 is 40.0 Å². The SMILES string of the molecule is CCCNc1nc(N2CCN(c3ccccc3Cl)CC2)nc2ccccc12. The maximum atomic E-state index is 6.36. The monoisotopic (exact) mass is 381 g/mol. The van der Waals surface area contributed by atoms with Crippen LogP contribution < -0.4 is 15.1 Å². The second kappa shape index (κ2) is 8.01. The molecule has 0 aliphatic carbocycles. The molecule has 140 valence electrons. The summed E-state index contributed by atoms with van der Waals surface area (Å²) in [5.74, 6) is 1.72.